The number of hydrogen-bond acceptors (Lipinski definition) is 6. The van der Waals surface area contributed by atoms with Gasteiger partial charge in [-0.3, -0.25) is 4.79 Å². The molecular weight excluding hydrogens is 362 g/mol. The maximum Gasteiger partial charge on any atom is 0.408 e. The molecule has 1 fully saturated rings. The quantitative estimate of drug-likeness (QED) is 0.723. The van der Waals surface area contributed by atoms with E-state index in [-0.39, 0.29) is 18.1 Å². The summed E-state index contributed by atoms with van der Waals surface area (Å²) in [6.45, 7) is 5.20. The maximum atomic E-state index is 12.0. The molecule has 7 nitrogen and oxygen atoms in total. The third-order valence-corrected chi connectivity index (χ3v) is 4.67. The van der Waals surface area contributed by atoms with Gasteiger partial charge in [-0.1, -0.05) is 24.3 Å². The van der Waals surface area contributed by atoms with Gasteiger partial charge in [0, 0.05) is 18.8 Å². The number of aliphatic hydroxyl groups is 1. The molecule has 0 bridgehead atoms. The summed E-state index contributed by atoms with van der Waals surface area (Å²) in [5.41, 5.74) is 0.763. The van der Waals surface area contributed by atoms with Crippen LogP contribution in [-0.4, -0.2) is 41.7 Å². The number of carbonyl (C=O) groups is 3. The van der Waals surface area contributed by atoms with Gasteiger partial charge >= 0.3 is 12.1 Å². The van der Waals surface area contributed by atoms with Crippen LogP contribution in [0.15, 0.2) is 24.3 Å². The van der Waals surface area contributed by atoms with Crippen LogP contribution in [-0.2, 0) is 25.5 Å². The Bertz CT molecular complexity index is 707. The molecule has 0 aromatic heterocycles. The number of carbonyl (C=O) groups excluding carboxylic acids is 3. The van der Waals surface area contributed by atoms with Crippen LogP contribution >= 0.6 is 0 Å². The van der Waals surface area contributed by atoms with Crippen molar-refractivity contribution in [1.82, 2.24) is 5.32 Å². The average Bonchev–Trinajstić information content (AvgIpc) is 3.05. The number of methoxy groups -OCH3 is 1. The summed E-state index contributed by atoms with van der Waals surface area (Å²) < 4.78 is 9.97. The van der Waals surface area contributed by atoms with Crippen LogP contribution in [0.2, 0.25) is 0 Å². The standard InChI is InChI=1S/C21H29NO6/c1-21(2,3)28-20(26)22-16(19(25)27-4)12-13-8-10-14(11-9-13)18(24)15-6-5-7-17(15)23/h8-11,15-16,18,24H,5-7,12H2,1-4H3,(H,22,26). The van der Waals surface area contributed by atoms with Crippen molar-refractivity contribution in [3.8, 4) is 0 Å². The van der Waals surface area contributed by atoms with Crippen molar-refractivity contribution in [3.63, 3.8) is 0 Å². The summed E-state index contributed by atoms with van der Waals surface area (Å²) in [4.78, 5) is 35.9. The number of hydrogen-bond donors (Lipinski definition) is 2. The summed E-state index contributed by atoms with van der Waals surface area (Å²) in [6, 6.07) is 6.13. The van der Waals surface area contributed by atoms with Gasteiger partial charge in [-0.2, -0.15) is 0 Å². The zero-order valence-corrected chi connectivity index (χ0v) is 16.9. The lowest BCUT2D eigenvalue weighted by Crippen LogP contribution is -2.45. The smallest absolute Gasteiger partial charge is 0.408 e. The second-order valence-corrected chi connectivity index (χ2v) is 8.08. The molecule has 0 spiro atoms. The molecule has 1 aliphatic carbocycles. The van der Waals surface area contributed by atoms with Gasteiger partial charge in [-0.25, -0.2) is 9.59 Å². The Hall–Kier alpha value is -2.41. The monoisotopic (exact) mass is 391 g/mol. The van der Waals surface area contributed by atoms with E-state index >= 15 is 0 Å². The Labute approximate surface area is 165 Å². The van der Waals surface area contributed by atoms with E-state index in [4.69, 9.17) is 9.47 Å². The predicted octanol–water partition coefficient (Wildman–Crippen LogP) is 2.70. The van der Waals surface area contributed by atoms with Gasteiger partial charge < -0.3 is 19.9 Å². The van der Waals surface area contributed by atoms with E-state index in [1.54, 1.807) is 45.0 Å². The minimum absolute atomic E-state index is 0.101. The van der Waals surface area contributed by atoms with E-state index < -0.39 is 29.8 Å². The molecule has 7 heteroatoms. The van der Waals surface area contributed by atoms with E-state index in [1.807, 2.05) is 0 Å². The van der Waals surface area contributed by atoms with Crippen molar-refractivity contribution in [2.24, 2.45) is 5.92 Å². The number of esters is 1. The number of aliphatic hydroxyl groups excluding tert-OH is 1. The molecule has 0 saturated heterocycles. The Kier molecular flexibility index (Phi) is 7.18. The molecule has 2 N–H and O–H groups in total. The summed E-state index contributed by atoms with van der Waals surface area (Å²) >= 11 is 0. The van der Waals surface area contributed by atoms with Gasteiger partial charge in [0.15, 0.2) is 0 Å². The van der Waals surface area contributed by atoms with Crippen LogP contribution in [0.1, 0.15) is 57.3 Å². The van der Waals surface area contributed by atoms with Gasteiger partial charge in [-0.15, -0.1) is 0 Å². The fourth-order valence-electron chi connectivity index (χ4n) is 3.28. The zero-order valence-electron chi connectivity index (χ0n) is 16.9. The van der Waals surface area contributed by atoms with Crippen LogP contribution < -0.4 is 5.32 Å². The molecule has 154 valence electrons. The molecule has 3 unspecified atom stereocenters. The molecule has 2 rings (SSSR count). The number of alkyl carbamates (subject to hydrolysis) is 1. The second-order valence-electron chi connectivity index (χ2n) is 8.08. The molecule has 28 heavy (non-hydrogen) atoms. The number of ether oxygens (including phenoxy) is 2. The normalized spacial score (nSPS) is 19.0. The van der Waals surface area contributed by atoms with Crippen molar-refractivity contribution < 1.29 is 29.0 Å². The van der Waals surface area contributed by atoms with E-state index in [0.29, 0.717) is 18.4 Å². The molecule has 1 amide bonds. The average molecular weight is 391 g/mol. The van der Waals surface area contributed by atoms with E-state index in [2.05, 4.69) is 5.32 Å². The zero-order chi connectivity index (χ0) is 20.9. The lowest BCUT2D eigenvalue weighted by molar-refractivity contribution is -0.143. The van der Waals surface area contributed by atoms with Crippen LogP contribution in [0.25, 0.3) is 0 Å². The molecule has 0 aliphatic heterocycles. The van der Waals surface area contributed by atoms with E-state index in [9.17, 15) is 19.5 Å². The summed E-state index contributed by atoms with van der Waals surface area (Å²) in [5, 5.41) is 13.0. The molecule has 1 aromatic rings. The lowest BCUT2D eigenvalue weighted by atomic mass is 9.92. The molecule has 1 aliphatic rings. The van der Waals surface area contributed by atoms with Crippen molar-refractivity contribution in [1.29, 1.82) is 0 Å². The Morgan fingerprint density at radius 3 is 2.39 bits per heavy atom. The van der Waals surface area contributed by atoms with Gasteiger partial charge in [0.05, 0.1) is 13.2 Å². The number of benzene rings is 1. The first-order valence-electron chi connectivity index (χ1n) is 9.47. The second kappa shape index (κ2) is 9.19. The van der Waals surface area contributed by atoms with E-state index in [0.717, 1.165) is 12.0 Å². The first-order valence-corrected chi connectivity index (χ1v) is 9.47. The summed E-state index contributed by atoms with van der Waals surface area (Å²) in [6.07, 6.45) is 0.735. The SMILES string of the molecule is COC(=O)C(Cc1ccc(C(O)C2CCCC2=O)cc1)NC(=O)OC(C)(C)C. The van der Waals surface area contributed by atoms with E-state index in [1.165, 1.54) is 7.11 Å². The van der Waals surface area contributed by atoms with Gasteiger partial charge in [0.25, 0.3) is 0 Å². The Balaban J connectivity index is 2.04. The highest BCUT2D eigenvalue weighted by Crippen LogP contribution is 2.33. The maximum absolute atomic E-state index is 12.0. The van der Waals surface area contributed by atoms with Gasteiger partial charge in [0.1, 0.15) is 17.4 Å². The lowest BCUT2D eigenvalue weighted by Gasteiger charge is -2.23. The first kappa shape index (κ1) is 21.9. The van der Waals surface area contributed by atoms with Crippen molar-refractivity contribution in [2.45, 2.75) is 64.2 Å². The molecule has 3 atom stereocenters. The van der Waals surface area contributed by atoms with Gasteiger partial charge in [0.2, 0.25) is 0 Å². The number of nitrogens with one attached hydrogen (secondary N) is 1. The number of Topliss-reactive ketones (excluding diaryl/α,β-unsaturated/α-hetero) is 1. The molecule has 1 aromatic carbocycles. The third kappa shape index (κ3) is 6.05. The van der Waals surface area contributed by atoms with Crippen molar-refractivity contribution >= 4 is 17.8 Å². The third-order valence-electron chi connectivity index (χ3n) is 4.67. The summed E-state index contributed by atoms with van der Waals surface area (Å²) in [7, 11) is 1.25. The molecular formula is C21H29NO6. The Morgan fingerprint density at radius 1 is 1.25 bits per heavy atom. The van der Waals surface area contributed by atoms with Crippen LogP contribution in [0.4, 0.5) is 4.79 Å². The number of ketones is 1. The highest BCUT2D eigenvalue weighted by molar-refractivity contribution is 5.83. The Morgan fingerprint density at radius 2 is 1.89 bits per heavy atom. The van der Waals surface area contributed by atoms with Crippen LogP contribution in [0.3, 0.4) is 0 Å². The first-order chi connectivity index (χ1) is 13.1. The fourth-order valence-corrected chi connectivity index (χ4v) is 3.28. The minimum Gasteiger partial charge on any atom is -0.467 e. The molecule has 0 heterocycles. The fraction of sp³-hybridized carbons (Fsp3) is 0.571. The minimum atomic E-state index is -0.896. The summed E-state index contributed by atoms with van der Waals surface area (Å²) in [5.74, 6) is -0.821. The van der Waals surface area contributed by atoms with Crippen molar-refractivity contribution in [3.05, 3.63) is 35.4 Å². The van der Waals surface area contributed by atoms with Crippen LogP contribution in [0.5, 0.6) is 0 Å². The topological polar surface area (TPSA) is 102 Å². The highest BCUT2D eigenvalue weighted by atomic mass is 16.6. The largest absolute Gasteiger partial charge is 0.467 e. The predicted molar refractivity (Wildman–Crippen MR) is 103 cm³/mol. The number of amides is 1. The number of rotatable bonds is 6. The van der Waals surface area contributed by atoms with Gasteiger partial charge in [-0.05, 0) is 44.7 Å². The highest BCUT2D eigenvalue weighted by Gasteiger charge is 2.32. The molecule has 0 radical (unpaired) electrons. The van der Waals surface area contributed by atoms with Crippen molar-refractivity contribution in [2.75, 3.05) is 7.11 Å². The molecule has 1 saturated carbocycles. The van der Waals surface area contributed by atoms with Crippen LogP contribution in [0, 0.1) is 5.92 Å².